The molecule has 0 saturated carbocycles. The maximum absolute atomic E-state index is 9.82. The van der Waals surface area contributed by atoms with Crippen LogP contribution in [0.3, 0.4) is 0 Å². The van der Waals surface area contributed by atoms with Crippen LogP contribution in [0.2, 0.25) is 0 Å². The molecule has 0 amide bonds. The SMILES string of the molecule is CCN(Cc1ccc(CN)cc1)CC(C)(C)O. The van der Waals surface area contributed by atoms with Gasteiger partial charge >= 0.3 is 0 Å². The monoisotopic (exact) mass is 236 g/mol. The largest absolute Gasteiger partial charge is 0.389 e. The van der Waals surface area contributed by atoms with Gasteiger partial charge in [0.25, 0.3) is 0 Å². The third kappa shape index (κ3) is 5.31. The molecule has 0 aliphatic heterocycles. The smallest absolute Gasteiger partial charge is 0.0718 e. The van der Waals surface area contributed by atoms with Crippen molar-refractivity contribution >= 4 is 0 Å². The van der Waals surface area contributed by atoms with E-state index in [9.17, 15) is 5.11 Å². The van der Waals surface area contributed by atoms with Crippen LogP contribution in [0.1, 0.15) is 31.9 Å². The molecule has 17 heavy (non-hydrogen) atoms. The van der Waals surface area contributed by atoms with Crippen LogP contribution in [0.4, 0.5) is 0 Å². The molecule has 0 heterocycles. The van der Waals surface area contributed by atoms with E-state index in [0.717, 1.165) is 18.7 Å². The Hall–Kier alpha value is -0.900. The third-order valence-electron chi connectivity index (χ3n) is 2.72. The second kappa shape index (κ2) is 6.15. The molecule has 0 aliphatic carbocycles. The zero-order chi connectivity index (χ0) is 12.9. The van der Waals surface area contributed by atoms with Gasteiger partial charge in [0.1, 0.15) is 0 Å². The first-order valence-electron chi connectivity index (χ1n) is 6.17. The quantitative estimate of drug-likeness (QED) is 0.791. The lowest BCUT2D eigenvalue weighted by Crippen LogP contribution is -2.38. The Morgan fingerprint density at radius 1 is 1.18 bits per heavy atom. The van der Waals surface area contributed by atoms with Crippen LogP contribution >= 0.6 is 0 Å². The molecule has 0 aliphatic rings. The summed E-state index contributed by atoms with van der Waals surface area (Å²) in [6, 6.07) is 8.34. The number of nitrogens with zero attached hydrogens (tertiary/aromatic N) is 1. The van der Waals surface area contributed by atoms with Gasteiger partial charge in [-0.25, -0.2) is 0 Å². The Morgan fingerprint density at radius 2 is 1.71 bits per heavy atom. The van der Waals surface area contributed by atoms with Crippen LogP contribution in [-0.4, -0.2) is 28.7 Å². The zero-order valence-corrected chi connectivity index (χ0v) is 11.1. The van der Waals surface area contributed by atoms with Crippen molar-refractivity contribution in [1.29, 1.82) is 0 Å². The Balaban J connectivity index is 2.61. The fourth-order valence-corrected chi connectivity index (χ4v) is 1.87. The molecule has 3 nitrogen and oxygen atoms in total. The predicted molar refractivity (Wildman–Crippen MR) is 71.6 cm³/mol. The van der Waals surface area contributed by atoms with Crippen molar-refractivity contribution in [3.05, 3.63) is 35.4 Å². The maximum Gasteiger partial charge on any atom is 0.0718 e. The van der Waals surface area contributed by atoms with Gasteiger partial charge in [-0.2, -0.15) is 0 Å². The summed E-state index contributed by atoms with van der Waals surface area (Å²) in [6.45, 7) is 8.86. The summed E-state index contributed by atoms with van der Waals surface area (Å²) in [5, 5.41) is 9.82. The standard InChI is InChI=1S/C14H24N2O/c1-4-16(11-14(2,3)17)10-13-7-5-12(9-15)6-8-13/h5-8,17H,4,9-11,15H2,1-3H3. The Bertz CT molecular complexity index is 327. The number of nitrogens with two attached hydrogens (primary N) is 1. The van der Waals surface area contributed by atoms with Crippen molar-refractivity contribution in [3.63, 3.8) is 0 Å². The second-order valence-corrected chi connectivity index (χ2v) is 5.14. The van der Waals surface area contributed by atoms with E-state index in [4.69, 9.17) is 5.73 Å². The van der Waals surface area contributed by atoms with Gasteiger partial charge in [0.15, 0.2) is 0 Å². The first-order chi connectivity index (χ1) is 7.94. The predicted octanol–water partition coefficient (Wildman–Crippen LogP) is 1.74. The summed E-state index contributed by atoms with van der Waals surface area (Å²) in [5.74, 6) is 0. The molecule has 0 saturated heterocycles. The molecule has 0 atom stereocenters. The van der Waals surface area contributed by atoms with Crippen LogP contribution in [0.15, 0.2) is 24.3 Å². The first kappa shape index (κ1) is 14.2. The molecule has 0 unspecified atom stereocenters. The molecule has 3 heteroatoms. The van der Waals surface area contributed by atoms with E-state index in [1.54, 1.807) is 0 Å². The van der Waals surface area contributed by atoms with Crippen molar-refractivity contribution in [1.82, 2.24) is 4.90 Å². The summed E-state index contributed by atoms with van der Waals surface area (Å²) < 4.78 is 0. The van der Waals surface area contributed by atoms with Crippen LogP contribution in [-0.2, 0) is 13.1 Å². The molecule has 0 bridgehead atoms. The summed E-state index contributed by atoms with van der Waals surface area (Å²) in [6.07, 6.45) is 0. The van der Waals surface area contributed by atoms with E-state index in [1.165, 1.54) is 5.56 Å². The van der Waals surface area contributed by atoms with Gasteiger partial charge in [-0.1, -0.05) is 31.2 Å². The highest BCUT2D eigenvalue weighted by atomic mass is 16.3. The van der Waals surface area contributed by atoms with Crippen molar-refractivity contribution < 1.29 is 5.11 Å². The van der Waals surface area contributed by atoms with Crippen LogP contribution in [0.25, 0.3) is 0 Å². The number of likely N-dealkylation sites (N-methyl/N-ethyl adjacent to an activating group) is 1. The number of aliphatic hydroxyl groups is 1. The minimum atomic E-state index is -0.646. The summed E-state index contributed by atoms with van der Waals surface area (Å²) in [5.41, 5.74) is 7.33. The topological polar surface area (TPSA) is 49.5 Å². The van der Waals surface area contributed by atoms with Crippen molar-refractivity contribution in [2.45, 2.75) is 39.5 Å². The summed E-state index contributed by atoms with van der Waals surface area (Å²) in [4.78, 5) is 2.23. The molecule has 0 radical (unpaired) electrons. The van der Waals surface area contributed by atoms with E-state index < -0.39 is 5.60 Å². The van der Waals surface area contributed by atoms with Crippen molar-refractivity contribution in [2.24, 2.45) is 5.73 Å². The molecule has 96 valence electrons. The molecular weight excluding hydrogens is 212 g/mol. The van der Waals surface area contributed by atoms with E-state index >= 15 is 0 Å². The molecule has 0 aromatic heterocycles. The van der Waals surface area contributed by atoms with Crippen molar-refractivity contribution in [2.75, 3.05) is 13.1 Å². The number of hydrogen-bond acceptors (Lipinski definition) is 3. The highest BCUT2D eigenvalue weighted by Crippen LogP contribution is 2.11. The van der Waals surface area contributed by atoms with Gasteiger partial charge in [0.05, 0.1) is 5.60 Å². The number of hydrogen-bond donors (Lipinski definition) is 2. The molecule has 3 N–H and O–H groups in total. The van der Waals surface area contributed by atoms with Crippen LogP contribution in [0.5, 0.6) is 0 Å². The Kier molecular flexibility index (Phi) is 5.12. The minimum absolute atomic E-state index is 0.585. The molecule has 1 rings (SSSR count). The van der Waals surface area contributed by atoms with E-state index in [-0.39, 0.29) is 0 Å². The average Bonchev–Trinajstić information content (AvgIpc) is 2.27. The first-order valence-corrected chi connectivity index (χ1v) is 6.17. The van der Waals surface area contributed by atoms with Crippen molar-refractivity contribution in [3.8, 4) is 0 Å². The van der Waals surface area contributed by atoms with Crippen LogP contribution in [0, 0.1) is 0 Å². The fraction of sp³-hybridized carbons (Fsp3) is 0.571. The third-order valence-corrected chi connectivity index (χ3v) is 2.72. The van der Waals surface area contributed by atoms with Gasteiger partial charge < -0.3 is 10.8 Å². The molecule has 0 spiro atoms. The molecular formula is C14H24N2O. The Labute approximate surface area is 104 Å². The van der Waals surface area contributed by atoms with Gasteiger partial charge in [-0.3, -0.25) is 4.90 Å². The normalized spacial score (nSPS) is 12.1. The fourth-order valence-electron chi connectivity index (χ4n) is 1.87. The lowest BCUT2D eigenvalue weighted by Gasteiger charge is -2.28. The van der Waals surface area contributed by atoms with Gasteiger partial charge in [0, 0.05) is 19.6 Å². The maximum atomic E-state index is 9.82. The summed E-state index contributed by atoms with van der Waals surface area (Å²) >= 11 is 0. The van der Waals surface area contributed by atoms with Gasteiger partial charge in [-0.15, -0.1) is 0 Å². The highest BCUT2D eigenvalue weighted by molar-refractivity contribution is 5.22. The molecule has 0 fully saturated rings. The second-order valence-electron chi connectivity index (χ2n) is 5.14. The molecule has 1 aromatic carbocycles. The number of benzene rings is 1. The van der Waals surface area contributed by atoms with E-state index in [1.807, 2.05) is 13.8 Å². The zero-order valence-electron chi connectivity index (χ0n) is 11.1. The lowest BCUT2D eigenvalue weighted by molar-refractivity contribution is 0.0353. The van der Waals surface area contributed by atoms with Crippen LogP contribution < -0.4 is 5.73 Å². The highest BCUT2D eigenvalue weighted by Gasteiger charge is 2.17. The molecule has 1 aromatic rings. The van der Waals surface area contributed by atoms with E-state index in [0.29, 0.717) is 13.1 Å². The summed E-state index contributed by atoms with van der Waals surface area (Å²) in [7, 11) is 0. The van der Waals surface area contributed by atoms with Gasteiger partial charge in [-0.05, 0) is 31.5 Å². The number of rotatable bonds is 6. The average molecular weight is 236 g/mol. The van der Waals surface area contributed by atoms with Gasteiger partial charge in [0.2, 0.25) is 0 Å². The van der Waals surface area contributed by atoms with E-state index in [2.05, 4.69) is 36.1 Å². The lowest BCUT2D eigenvalue weighted by atomic mass is 10.1. The Morgan fingerprint density at radius 3 is 2.12 bits per heavy atom. The minimum Gasteiger partial charge on any atom is -0.389 e.